The molecule has 3 N–H and O–H groups in total. The molecule has 0 radical (unpaired) electrons. The molecule has 0 spiro atoms. The van der Waals surface area contributed by atoms with Gasteiger partial charge in [-0.3, -0.25) is 0 Å². The van der Waals surface area contributed by atoms with E-state index in [1.54, 1.807) is 4.57 Å². The molecular weight excluding hydrogens is 422 g/mol. The van der Waals surface area contributed by atoms with Crippen molar-refractivity contribution in [2.24, 2.45) is 0 Å². The van der Waals surface area contributed by atoms with Crippen LogP contribution in [0.4, 0.5) is 5.69 Å². The van der Waals surface area contributed by atoms with Crippen LogP contribution >= 0.6 is 15.9 Å². The number of carbonyl (C=O) groups excluding carboxylic acids is 1. The normalized spacial score (nSPS) is 10.8. The summed E-state index contributed by atoms with van der Waals surface area (Å²) in [7, 11) is 1.27. The number of nitrogens with zero attached hydrogens (tertiary/aromatic N) is 3. The van der Waals surface area contributed by atoms with Crippen LogP contribution in [0, 0.1) is 11.3 Å². The number of carbonyl (C=O) groups is 1. The lowest BCUT2D eigenvalue weighted by molar-refractivity contribution is 0.0593. The number of imidazole rings is 1. The van der Waals surface area contributed by atoms with E-state index in [9.17, 15) is 10.1 Å². The summed E-state index contributed by atoms with van der Waals surface area (Å²) in [6, 6.07) is 15.3. The summed E-state index contributed by atoms with van der Waals surface area (Å²) in [6.07, 6.45) is 1.52. The number of hydrogen-bond donors (Lipinski definition) is 2. The maximum absolute atomic E-state index is 12.2. The Balaban J connectivity index is 1.84. The van der Waals surface area contributed by atoms with E-state index >= 15 is 0 Å². The second-order valence-electron chi connectivity index (χ2n) is 6.07. The molecule has 0 aliphatic carbocycles. The number of anilines is 1. The molecule has 8 heteroatoms. The zero-order chi connectivity index (χ0) is 19.8. The second-order valence-corrected chi connectivity index (χ2v) is 6.99. The number of aromatic nitrogens is 3. The highest BCUT2D eigenvalue weighted by Crippen LogP contribution is 2.28. The van der Waals surface area contributed by atoms with Gasteiger partial charge in [-0.05, 0) is 30.3 Å². The van der Waals surface area contributed by atoms with E-state index in [4.69, 9.17) is 10.5 Å². The number of aromatic amines is 1. The second kappa shape index (κ2) is 6.87. The molecule has 0 amide bonds. The number of nitrogens with two attached hydrogens (primary N) is 1. The first-order valence-corrected chi connectivity index (χ1v) is 9.06. The summed E-state index contributed by atoms with van der Waals surface area (Å²) in [5, 5.41) is 9.26. The zero-order valence-electron chi connectivity index (χ0n) is 14.7. The van der Waals surface area contributed by atoms with Crippen molar-refractivity contribution < 1.29 is 9.53 Å². The molecule has 0 fully saturated rings. The topological polar surface area (TPSA) is 110 Å². The number of nitriles is 1. The van der Waals surface area contributed by atoms with Crippen molar-refractivity contribution in [3.05, 3.63) is 64.4 Å². The van der Waals surface area contributed by atoms with Crippen molar-refractivity contribution in [1.29, 1.82) is 5.26 Å². The average Bonchev–Trinajstić information content (AvgIpc) is 3.28. The molecule has 0 aliphatic heterocycles. The SMILES string of the molecule is COC(=O)c1c(N)c(C#N)cn1-c1ccc2nc(-c3ccc(Br)cc3)[nH]c2c1. The lowest BCUT2D eigenvalue weighted by atomic mass is 10.2. The van der Waals surface area contributed by atoms with E-state index in [1.165, 1.54) is 13.3 Å². The Bertz CT molecular complexity index is 1250. The Hall–Kier alpha value is -3.57. The van der Waals surface area contributed by atoms with Crippen LogP contribution in [0.15, 0.2) is 53.1 Å². The smallest absolute Gasteiger partial charge is 0.357 e. The largest absolute Gasteiger partial charge is 0.464 e. The summed E-state index contributed by atoms with van der Waals surface area (Å²) < 4.78 is 7.37. The molecule has 2 heterocycles. The molecule has 4 rings (SSSR count). The third-order valence-corrected chi connectivity index (χ3v) is 4.93. The molecular formula is C20H14BrN5O2. The van der Waals surface area contributed by atoms with Crippen molar-refractivity contribution >= 4 is 38.6 Å². The number of fused-ring (bicyclic) bond motifs is 1. The molecule has 2 aromatic heterocycles. The third-order valence-electron chi connectivity index (χ3n) is 4.40. The molecule has 0 saturated heterocycles. The Morgan fingerprint density at radius 1 is 1.29 bits per heavy atom. The number of hydrogen-bond acceptors (Lipinski definition) is 5. The van der Waals surface area contributed by atoms with Crippen molar-refractivity contribution in [2.75, 3.05) is 12.8 Å². The molecule has 138 valence electrons. The third kappa shape index (κ3) is 2.92. The molecule has 7 nitrogen and oxygen atoms in total. The van der Waals surface area contributed by atoms with Crippen LogP contribution in [0.2, 0.25) is 0 Å². The molecule has 0 atom stereocenters. The number of nitrogen functional groups attached to an aromatic ring is 1. The van der Waals surface area contributed by atoms with Crippen molar-refractivity contribution in [2.45, 2.75) is 0 Å². The fourth-order valence-corrected chi connectivity index (χ4v) is 3.27. The van der Waals surface area contributed by atoms with Gasteiger partial charge in [0.1, 0.15) is 11.9 Å². The number of nitrogens with one attached hydrogen (secondary N) is 1. The highest BCUT2D eigenvalue weighted by atomic mass is 79.9. The fraction of sp³-hybridized carbons (Fsp3) is 0.0500. The van der Waals surface area contributed by atoms with Gasteiger partial charge >= 0.3 is 5.97 Å². The Morgan fingerprint density at radius 3 is 2.71 bits per heavy atom. The van der Waals surface area contributed by atoms with E-state index in [-0.39, 0.29) is 16.9 Å². The van der Waals surface area contributed by atoms with E-state index in [0.717, 1.165) is 26.9 Å². The van der Waals surface area contributed by atoms with Crippen LogP contribution in [0.5, 0.6) is 0 Å². The van der Waals surface area contributed by atoms with Gasteiger partial charge in [-0.1, -0.05) is 28.1 Å². The molecule has 28 heavy (non-hydrogen) atoms. The minimum atomic E-state index is -0.612. The van der Waals surface area contributed by atoms with E-state index in [0.29, 0.717) is 5.69 Å². The quantitative estimate of drug-likeness (QED) is 0.472. The summed E-state index contributed by atoms with van der Waals surface area (Å²) in [5.41, 5.74) is 9.56. The number of rotatable bonds is 3. The number of ether oxygens (including phenoxy) is 1. The lowest BCUT2D eigenvalue weighted by Gasteiger charge is -2.08. The number of esters is 1. The first-order valence-electron chi connectivity index (χ1n) is 8.27. The molecule has 0 aliphatic rings. The van der Waals surface area contributed by atoms with Gasteiger partial charge in [-0.15, -0.1) is 0 Å². The molecule has 0 saturated carbocycles. The van der Waals surface area contributed by atoms with Gasteiger partial charge in [-0.25, -0.2) is 9.78 Å². The van der Waals surface area contributed by atoms with E-state index < -0.39 is 5.97 Å². The van der Waals surface area contributed by atoms with Gasteiger partial charge in [0.2, 0.25) is 0 Å². The van der Waals surface area contributed by atoms with Crippen molar-refractivity contribution in [3.63, 3.8) is 0 Å². The maximum Gasteiger partial charge on any atom is 0.357 e. The molecule has 4 aromatic rings. The van der Waals surface area contributed by atoms with Gasteiger partial charge < -0.3 is 20.0 Å². The summed E-state index contributed by atoms with van der Waals surface area (Å²) >= 11 is 3.42. The summed E-state index contributed by atoms with van der Waals surface area (Å²) in [4.78, 5) is 20.1. The molecule has 2 aromatic carbocycles. The Morgan fingerprint density at radius 2 is 2.04 bits per heavy atom. The van der Waals surface area contributed by atoms with Crippen LogP contribution in [-0.4, -0.2) is 27.6 Å². The number of methoxy groups -OCH3 is 1. The van der Waals surface area contributed by atoms with Crippen molar-refractivity contribution in [3.8, 4) is 23.1 Å². The Labute approximate surface area is 168 Å². The predicted molar refractivity (Wildman–Crippen MR) is 109 cm³/mol. The lowest BCUT2D eigenvalue weighted by Crippen LogP contribution is -2.11. The standard InChI is InChI=1S/C20H14BrN5O2/c1-28-20(27)18-17(23)12(9-22)10-26(18)14-6-7-15-16(8-14)25-19(24-15)11-2-4-13(21)5-3-11/h2-8,10H,23H2,1H3,(H,24,25). The van der Waals surface area contributed by atoms with Crippen LogP contribution in [0.1, 0.15) is 16.1 Å². The van der Waals surface area contributed by atoms with Crippen molar-refractivity contribution in [1.82, 2.24) is 14.5 Å². The zero-order valence-corrected chi connectivity index (χ0v) is 16.3. The van der Waals surface area contributed by atoms with Gasteiger partial charge in [0.25, 0.3) is 0 Å². The van der Waals surface area contributed by atoms with Crippen LogP contribution in [0.3, 0.4) is 0 Å². The van der Waals surface area contributed by atoms with Crippen LogP contribution in [0.25, 0.3) is 28.1 Å². The minimum absolute atomic E-state index is 0.0922. The van der Waals surface area contributed by atoms with Gasteiger partial charge in [0.05, 0.1) is 29.4 Å². The van der Waals surface area contributed by atoms with Crippen LogP contribution in [-0.2, 0) is 4.74 Å². The Kier molecular flexibility index (Phi) is 4.37. The highest BCUT2D eigenvalue weighted by molar-refractivity contribution is 9.10. The van der Waals surface area contributed by atoms with E-state index in [1.807, 2.05) is 48.5 Å². The van der Waals surface area contributed by atoms with Gasteiger partial charge in [0, 0.05) is 21.9 Å². The molecule has 0 bridgehead atoms. The molecule has 0 unspecified atom stereocenters. The summed E-state index contributed by atoms with van der Waals surface area (Å²) in [5.74, 6) is 0.122. The number of halogens is 1. The summed E-state index contributed by atoms with van der Waals surface area (Å²) in [6.45, 7) is 0. The minimum Gasteiger partial charge on any atom is -0.464 e. The first kappa shape index (κ1) is 17.8. The number of H-pyrrole nitrogens is 1. The highest BCUT2D eigenvalue weighted by Gasteiger charge is 2.22. The van der Waals surface area contributed by atoms with E-state index in [2.05, 4.69) is 25.9 Å². The predicted octanol–water partition coefficient (Wildman–Crippen LogP) is 4.02. The van der Waals surface area contributed by atoms with Gasteiger partial charge in [-0.2, -0.15) is 5.26 Å². The first-order chi connectivity index (χ1) is 13.5. The van der Waals surface area contributed by atoms with Crippen LogP contribution < -0.4 is 5.73 Å². The average molecular weight is 436 g/mol. The van der Waals surface area contributed by atoms with Gasteiger partial charge in [0.15, 0.2) is 5.69 Å². The fourth-order valence-electron chi connectivity index (χ4n) is 3.01. The maximum atomic E-state index is 12.2. The monoisotopic (exact) mass is 435 g/mol. The number of benzene rings is 2.